The van der Waals surface area contributed by atoms with Crippen LogP contribution in [0.2, 0.25) is 0 Å². The molecule has 1 unspecified atom stereocenters. The number of aliphatic carboxylic acids is 1. The van der Waals surface area contributed by atoms with Crippen molar-refractivity contribution in [3.05, 3.63) is 29.3 Å². The number of imide groups is 2. The number of rotatable bonds is 26. The van der Waals surface area contributed by atoms with E-state index in [2.05, 4.69) is 10.6 Å². The summed E-state index contributed by atoms with van der Waals surface area (Å²) in [6.45, 7) is 5.77. The van der Waals surface area contributed by atoms with Gasteiger partial charge in [0.25, 0.3) is 11.8 Å². The molecular formula is C30H43N3O13. The van der Waals surface area contributed by atoms with E-state index in [1.165, 1.54) is 0 Å². The van der Waals surface area contributed by atoms with Crippen LogP contribution >= 0.6 is 0 Å². The Morgan fingerprint density at radius 3 is 1.74 bits per heavy atom. The molecule has 2 heterocycles. The van der Waals surface area contributed by atoms with Crippen molar-refractivity contribution in [3.63, 3.8) is 0 Å². The number of carboxylic acid groups (broad SMARTS) is 1. The molecule has 16 nitrogen and oxygen atoms in total. The van der Waals surface area contributed by atoms with E-state index >= 15 is 0 Å². The highest BCUT2D eigenvalue weighted by atomic mass is 16.6. The second-order valence-electron chi connectivity index (χ2n) is 10.0. The summed E-state index contributed by atoms with van der Waals surface area (Å²) in [5.74, 6) is -3.08. The second-order valence-corrected chi connectivity index (χ2v) is 10.0. The summed E-state index contributed by atoms with van der Waals surface area (Å²) in [6, 6.07) is 3.88. The van der Waals surface area contributed by atoms with Gasteiger partial charge in [-0.05, 0) is 18.6 Å². The maximum absolute atomic E-state index is 13.1. The fourth-order valence-corrected chi connectivity index (χ4v) is 4.50. The Bertz CT molecular complexity index is 1150. The molecule has 3 N–H and O–H groups in total. The molecule has 1 aromatic carbocycles. The lowest BCUT2D eigenvalue weighted by Gasteiger charge is -2.27. The van der Waals surface area contributed by atoms with Crippen molar-refractivity contribution in [2.45, 2.75) is 25.3 Å². The van der Waals surface area contributed by atoms with Crippen LogP contribution in [0.1, 0.15) is 40.0 Å². The van der Waals surface area contributed by atoms with Crippen LogP contribution in [0.3, 0.4) is 0 Å². The molecular weight excluding hydrogens is 610 g/mol. The van der Waals surface area contributed by atoms with Crippen LogP contribution in [0.5, 0.6) is 0 Å². The number of piperidine rings is 1. The van der Waals surface area contributed by atoms with Crippen molar-refractivity contribution < 1.29 is 62.2 Å². The molecule has 2 aliphatic heterocycles. The lowest BCUT2D eigenvalue weighted by Crippen LogP contribution is -2.54. The van der Waals surface area contributed by atoms with Crippen molar-refractivity contribution in [2.75, 3.05) is 104 Å². The molecule has 4 amide bonds. The van der Waals surface area contributed by atoms with Gasteiger partial charge in [-0.3, -0.25) is 34.2 Å². The highest BCUT2D eigenvalue weighted by Gasteiger charge is 2.45. The van der Waals surface area contributed by atoms with Crippen molar-refractivity contribution in [3.8, 4) is 0 Å². The van der Waals surface area contributed by atoms with Gasteiger partial charge in [-0.2, -0.15) is 0 Å². The molecule has 0 bridgehead atoms. The zero-order valence-electron chi connectivity index (χ0n) is 25.8. The van der Waals surface area contributed by atoms with Crippen molar-refractivity contribution in [1.82, 2.24) is 10.2 Å². The number of amides is 4. The molecule has 3 rings (SSSR count). The molecule has 46 heavy (non-hydrogen) atoms. The summed E-state index contributed by atoms with van der Waals surface area (Å²) in [5, 5.41) is 13.8. The number of fused-ring (bicyclic) bond motifs is 1. The third kappa shape index (κ3) is 12.7. The van der Waals surface area contributed by atoms with Gasteiger partial charge in [-0.15, -0.1) is 0 Å². The van der Waals surface area contributed by atoms with Crippen LogP contribution in [0.25, 0.3) is 0 Å². The quantitative estimate of drug-likeness (QED) is 0.0898. The molecule has 0 saturated carbocycles. The first kappa shape index (κ1) is 37.0. The maximum Gasteiger partial charge on any atom is 0.305 e. The van der Waals surface area contributed by atoms with E-state index < -0.39 is 35.6 Å². The Balaban J connectivity index is 1.11. The summed E-state index contributed by atoms with van der Waals surface area (Å²) < 4.78 is 37.7. The van der Waals surface area contributed by atoms with Crippen LogP contribution in [0, 0.1) is 0 Å². The van der Waals surface area contributed by atoms with Gasteiger partial charge in [-0.25, -0.2) is 0 Å². The number of benzene rings is 1. The summed E-state index contributed by atoms with van der Waals surface area (Å²) in [5.41, 5.74) is 0.891. The normalized spacial score (nSPS) is 16.2. The summed E-state index contributed by atoms with van der Waals surface area (Å²) in [6.07, 6.45) is 0.144. The average Bonchev–Trinajstić information content (AvgIpc) is 3.28. The predicted octanol–water partition coefficient (Wildman–Crippen LogP) is 0.0906. The van der Waals surface area contributed by atoms with E-state index in [-0.39, 0.29) is 37.0 Å². The van der Waals surface area contributed by atoms with Gasteiger partial charge in [0.15, 0.2) is 0 Å². The number of hydrogen-bond acceptors (Lipinski definition) is 13. The summed E-state index contributed by atoms with van der Waals surface area (Å²) in [4.78, 5) is 61.0. The molecule has 1 atom stereocenters. The number of nitrogens with one attached hydrogen (secondary N) is 2. The van der Waals surface area contributed by atoms with Gasteiger partial charge in [0.1, 0.15) is 6.04 Å². The molecule has 0 aromatic heterocycles. The van der Waals surface area contributed by atoms with Crippen LogP contribution in [0.15, 0.2) is 18.2 Å². The lowest BCUT2D eigenvalue weighted by molar-refractivity contribution is -0.138. The number of hydrogen-bond donors (Lipinski definition) is 3. The fourth-order valence-electron chi connectivity index (χ4n) is 4.50. The van der Waals surface area contributed by atoms with Crippen molar-refractivity contribution in [2.24, 2.45) is 0 Å². The van der Waals surface area contributed by atoms with Gasteiger partial charge < -0.3 is 43.6 Å². The zero-order chi connectivity index (χ0) is 33.0. The van der Waals surface area contributed by atoms with E-state index in [4.69, 9.17) is 38.3 Å². The topological polar surface area (TPSA) is 197 Å². The van der Waals surface area contributed by atoms with Gasteiger partial charge >= 0.3 is 5.97 Å². The molecule has 16 heteroatoms. The number of carbonyl (C=O) groups is 5. The predicted molar refractivity (Wildman–Crippen MR) is 160 cm³/mol. The lowest BCUT2D eigenvalue weighted by atomic mass is 10.0. The minimum absolute atomic E-state index is 0.0199. The number of ether oxygens (including phenoxy) is 7. The zero-order valence-corrected chi connectivity index (χ0v) is 25.8. The first-order chi connectivity index (χ1) is 22.4. The van der Waals surface area contributed by atoms with E-state index in [1.54, 1.807) is 18.2 Å². The number of carboxylic acids is 1. The Kier molecular flexibility index (Phi) is 17.1. The Hall–Kier alpha value is -3.51. The number of anilines is 1. The van der Waals surface area contributed by atoms with Crippen LogP contribution in [-0.2, 0) is 47.5 Å². The Morgan fingerprint density at radius 1 is 0.739 bits per heavy atom. The molecule has 0 aliphatic carbocycles. The standard InChI is InChI=1S/C30H43N3O13/c34-25-5-4-24(28(37)32-25)33-29(38)22-2-1-3-23(27(22)30(33)39)31-7-9-41-11-13-43-15-17-45-19-21-46-20-18-44-16-14-42-12-10-40-8-6-26(35)36/h1-3,24,31H,4-21H2,(H,35,36)(H,32,34,37). The second kappa shape index (κ2) is 21.3. The third-order valence-corrected chi connectivity index (χ3v) is 6.72. The van der Waals surface area contributed by atoms with Crippen LogP contribution < -0.4 is 10.6 Å². The van der Waals surface area contributed by atoms with Crippen LogP contribution in [0.4, 0.5) is 5.69 Å². The van der Waals surface area contributed by atoms with Gasteiger partial charge in [0, 0.05) is 18.7 Å². The number of nitrogens with zero attached hydrogens (tertiary/aromatic N) is 1. The number of carbonyl (C=O) groups excluding carboxylic acids is 4. The highest BCUT2D eigenvalue weighted by molar-refractivity contribution is 6.25. The molecule has 1 saturated heterocycles. The van der Waals surface area contributed by atoms with E-state index in [9.17, 15) is 24.0 Å². The minimum Gasteiger partial charge on any atom is -0.481 e. The highest BCUT2D eigenvalue weighted by Crippen LogP contribution is 2.32. The molecule has 1 fully saturated rings. The average molecular weight is 654 g/mol. The fraction of sp³-hybridized carbons (Fsp3) is 0.633. The van der Waals surface area contributed by atoms with Gasteiger partial charge in [-0.1, -0.05) is 6.07 Å². The molecule has 0 spiro atoms. The van der Waals surface area contributed by atoms with Crippen molar-refractivity contribution >= 4 is 35.3 Å². The molecule has 2 aliphatic rings. The largest absolute Gasteiger partial charge is 0.481 e. The Morgan fingerprint density at radius 2 is 1.24 bits per heavy atom. The maximum atomic E-state index is 13.1. The van der Waals surface area contributed by atoms with Gasteiger partial charge in [0.2, 0.25) is 11.8 Å². The Labute approximate surface area is 266 Å². The van der Waals surface area contributed by atoms with E-state index in [0.29, 0.717) is 98.1 Å². The van der Waals surface area contributed by atoms with E-state index in [0.717, 1.165) is 4.90 Å². The van der Waals surface area contributed by atoms with Crippen LogP contribution in [-0.4, -0.2) is 145 Å². The SMILES string of the molecule is O=C(O)CCOCCOCCOCCOCCOCCOCCOCCNc1cccc2c1C(=O)N(C1CCC(=O)NC1=O)C2=O. The first-order valence-corrected chi connectivity index (χ1v) is 15.2. The minimum atomic E-state index is -1.01. The third-order valence-electron chi connectivity index (χ3n) is 6.72. The smallest absolute Gasteiger partial charge is 0.305 e. The monoisotopic (exact) mass is 653 g/mol. The van der Waals surface area contributed by atoms with E-state index in [1.807, 2.05) is 0 Å². The summed E-state index contributed by atoms with van der Waals surface area (Å²) in [7, 11) is 0. The summed E-state index contributed by atoms with van der Waals surface area (Å²) >= 11 is 0. The van der Waals surface area contributed by atoms with Crippen molar-refractivity contribution in [1.29, 1.82) is 0 Å². The molecule has 0 radical (unpaired) electrons. The van der Waals surface area contributed by atoms with Gasteiger partial charge in [0.05, 0.1) is 110 Å². The first-order valence-electron chi connectivity index (χ1n) is 15.2. The molecule has 256 valence electrons. The molecule has 1 aromatic rings.